The number of hydrogen-bond donors (Lipinski definition) is 1. The summed E-state index contributed by atoms with van der Waals surface area (Å²) in [5, 5.41) is 4.00. The maximum absolute atomic E-state index is 5.53. The molecule has 1 saturated heterocycles. The molecule has 112 valence electrons. The molecule has 1 aliphatic heterocycles. The van der Waals surface area contributed by atoms with Gasteiger partial charge in [0.05, 0.1) is 19.2 Å². The molecule has 0 aliphatic carbocycles. The molecule has 3 rings (SSSR count). The highest BCUT2D eigenvalue weighted by atomic mass is 32.2. The van der Waals surface area contributed by atoms with Crippen LogP contribution in [-0.2, 0) is 6.54 Å². The first-order valence-corrected chi connectivity index (χ1v) is 8.26. The fraction of sp³-hybridized carbons (Fsp3) is 0.467. The third kappa shape index (κ3) is 3.06. The highest BCUT2D eigenvalue weighted by molar-refractivity contribution is 7.99. The van der Waals surface area contributed by atoms with Gasteiger partial charge in [-0.15, -0.1) is 0 Å². The Kier molecular flexibility index (Phi) is 4.45. The van der Waals surface area contributed by atoms with Crippen LogP contribution in [0.4, 0.5) is 0 Å². The quantitative estimate of drug-likeness (QED) is 0.936. The first-order chi connectivity index (χ1) is 10.3. The van der Waals surface area contributed by atoms with Crippen molar-refractivity contribution in [3.63, 3.8) is 0 Å². The van der Waals surface area contributed by atoms with Gasteiger partial charge in [-0.1, -0.05) is 11.2 Å². The lowest BCUT2D eigenvalue weighted by molar-refractivity contribution is 0.380. The topological polar surface area (TPSA) is 74.2 Å². The van der Waals surface area contributed by atoms with Gasteiger partial charge >= 0.3 is 0 Å². The molecule has 2 aromatic rings. The largest absolute Gasteiger partial charge is 0.496 e. The maximum atomic E-state index is 5.53. The lowest BCUT2D eigenvalue weighted by Gasteiger charge is -2.22. The molecule has 6 heteroatoms. The van der Waals surface area contributed by atoms with Crippen LogP contribution in [0.15, 0.2) is 22.7 Å². The van der Waals surface area contributed by atoms with E-state index in [0.29, 0.717) is 17.6 Å². The van der Waals surface area contributed by atoms with Gasteiger partial charge < -0.3 is 15.0 Å². The van der Waals surface area contributed by atoms with E-state index < -0.39 is 0 Å². The summed E-state index contributed by atoms with van der Waals surface area (Å²) in [5.41, 5.74) is 7.72. The predicted molar refractivity (Wildman–Crippen MR) is 83.5 cm³/mol. The van der Waals surface area contributed by atoms with Crippen LogP contribution < -0.4 is 10.5 Å². The Morgan fingerprint density at radius 3 is 2.86 bits per heavy atom. The Balaban J connectivity index is 1.96. The molecule has 0 bridgehead atoms. The fourth-order valence-electron chi connectivity index (χ4n) is 2.63. The highest BCUT2D eigenvalue weighted by Crippen LogP contribution is 2.36. The molecule has 0 atom stereocenters. The molecule has 2 heterocycles. The molecular formula is C15H19N3O2S. The van der Waals surface area contributed by atoms with Gasteiger partial charge in [0.25, 0.3) is 0 Å². The van der Waals surface area contributed by atoms with Crippen LogP contribution in [0.5, 0.6) is 5.75 Å². The van der Waals surface area contributed by atoms with E-state index in [-0.39, 0.29) is 6.54 Å². The lowest BCUT2D eigenvalue weighted by Crippen LogP contribution is -2.08. The Labute approximate surface area is 128 Å². The SMILES string of the molecule is COc1ccc(C2CCSCC2)cc1-c1noc(CN)n1. The summed E-state index contributed by atoms with van der Waals surface area (Å²) in [6, 6.07) is 6.27. The number of methoxy groups -OCH3 is 1. The monoisotopic (exact) mass is 305 g/mol. The number of benzene rings is 1. The minimum atomic E-state index is 0.245. The Bertz CT molecular complexity index is 609. The Morgan fingerprint density at radius 2 is 2.19 bits per heavy atom. The van der Waals surface area contributed by atoms with E-state index in [1.54, 1.807) is 7.11 Å². The van der Waals surface area contributed by atoms with Crippen molar-refractivity contribution in [1.29, 1.82) is 0 Å². The molecule has 0 spiro atoms. The number of thioether (sulfide) groups is 1. The lowest BCUT2D eigenvalue weighted by atomic mass is 9.92. The van der Waals surface area contributed by atoms with Gasteiger partial charge in [-0.3, -0.25) is 0 Å². The van der Waals surface area contributed by atoms with Gasteiger partial charge in [0.2, 0.25) is 11.7 Å². The zero-order valence-electron chi connectivity index (χ0n) is 12.0. The van der Waals surface area contributed by atoms with E-state index in [1.165, 1.54) is 29.9 Å². The van der Waals surface area contributed by atoms with Gasteiger partial charge in [0.1, 0.15) is 5.75 Å². The Morgan fingerprint density at radius 1 is 1.38 bits per heavy atom. The van der Waals surface area contributed by atoms with Gasteiger partial charge in [0.15, 0.2) is 0 Å². The first kappa shape index (κ1) is 14.4. The second-order valence-electron chi connectivity index (χ2n) is 5.06. The second-order valence-corrected chi connectivity index (χ2v) is 6.29. The van der Waals surface area contributed by atoms with Crippen LogP contribution >= 0.6 is 11.8 Å². The highest BCUT2D eigenvalue weighted by Gasteiger charge is 2.19. The molecule has 1 fully saturated rings. The van der Waals surface area contributed by atoms with E-state index >= 15 is 0 Å². The number of nitrogens with zero attached hydrogens (tertiary/aromatic N) is 2. The van der Waals surface area contributed by atoms with Crippen molar-refractivity contribution in [2.45, 2.75) is 25.3 Å². The normalized spacial score (nSPS) is 16.1. The third-order valence-electron chi connectivity index (χ3n) is 3.80. The molecule has 1 aromatic carbocycles. The van der Waals surface area contributed by atoms with E-state index in [0.717, 1.165) is 11.3 Å². The second kappa shape index (κ2) is 6.49. The molecule has 0 radical (unpaired) electrons. The number of ether oxygens (including phenoxy) is 1. The summed E-state index contributed by atoms with van der Waals surface area (Å²) >= 11 is 2.03. The number of aromatic nitrogens is 2. The zero-order chi connectivity index (χ0) is 14.7. The van der Waals surface area contributed by atoms with Crippen molar-refractivity contribution in [2.75, 3.05) is 18.6 Å². The standard InChI is InChI=1S/C15H19N3O2S/c1-19-13-3-2-11(10-4-6-21-7-5-10)8-12(13)15-17-14(9-16)20-18-15/h2-3,8,10H,4-7,9,16H2,1H3. The first-order valence-electron chi connectivity index (χ1n) is 7.10. The van der Waals surface area contributed by atoms with Crippen LogP contribution in [0, 0.1) is 0 Å². The summed E-state index contributed by atoms with van der Waals surface area (Å²) < 4.78 is 10.5. The van der Waals surface area contributed by atoms with Crippen molar-refractivity contribution in [2.24, 2.45) is 5.73 Å². The van der Waals surface area contributed by atoms with Crippen LogP contribution in [0.25, 0.3) is 11.4 Å². The minimum Gasteiger partial charge on any atom is -0.496 e. The van der Waals surface area contributed by atoms with E-state index in [1.807, 2.05) is 17.8 Å². The van der Waals surface area contributed by atoms with Crippen molar-refractivity contribution >= 4 is 11.8 Å². The van der Waals surface area contributed by atoms with Crippen molar-refractivity contribution < 1.29 is 9.26 Å². The number of nitrogens with two attached hydrogens (primary N) is 1. The average molecular weight is 305 g/mol. The summed E-state index contributed by atoms with van der Waals surface area (Å²) in [6.45, 7) is 0.245. The average Bonchev–Trinajstić information content (AvgIpc) is 3.04. The molecule has 21 heavy (non-hydrogen) atoms. The van der Waals surface area contributed by atoms with Gasteiger partial charge in [0, 0.05) is 0 Å². The van der Waals surface area contributed by atoms with Crippen molar-refractivity contribution in [3.05, 3.63) is 29.7 Å². The Hall–Kier alpha value is -1.53. The fourth-order valence-corrected chi connectivity index (χ4v) is 3.74. The molecule has 5 nitrogen and oxygen atoms in total. The van der Waals surface area contributed by atoms with Crippen molar-refractivity contribution in [1.82, 2.24) is 10.1 Å². The molecule has 0 unspecified atom stereocenters. The number of rotatable bonds is 4. The molecule has 1 aliphatic rings. The summed E-state index contributed by atoms with van der Waals surface area (Å²) in [5.74, 6) is 4.80. The van der Waals surface area contributed by atoms with Crippen LogP contribution in [0.1, 0.15) is 30.2 Å². The molecular weight excluding hydrogens is 286 g/mol. The molecule has 2 N–H and O–H groups in total. The minimum absolute atomic E-state index is 0.245. The van der Waals surface area contributed by atoms with Crippen LogP contribution in [0.3, 0.4) is 0 Å². The van der Waals surface area contributed by atoms with E-state index in [4.69, 9.17) is 15.0 Å². The van der Waals surface area contributed by atoms with E-state index in [9.17, 15) is 0 Å². The van der Waals surface area contributed by atoms with Gasteiger partial charge in [-0.25, -0.2) is 0 Å². The van der Waals surface area contributed by atoms with Gasteiger partial charge in [-0.2, -0.15) is 16.7 Å². The van der Waals surface area contributed by atoms with Crippen LogP contribution in [0.2, 0.25) is 0 Å². The van der Waals surface area contributed by atoms with Crippen molar-refractivity contribution in [3.8, 4) is 17.1 Å². The predicted octanol–water partition coefficient (Wildman–Crippen LogP) is 2.81. The zero-order valence-corrected chi connectivity index (χ0v) is 12.9. The summed E-state index contributed by atoms with van der Waals surface area (Å²) in [6.07, 6.45) is 2.44. The molecule has 0 amide bonds. The van der Waals surface area contributed by atoms with Gasteiger partial charge in [-0.05, 0) is 48.0 Å². The smallest absolute Gasteiger partial charge is 0.240 e. The third-order valence-corrected chi connectivity index (χ3v) is 4.85. The summed E-state index contributed by atoms with van der Waals surface area (Å²) in [4.78, 5) is 4.31. The molecule has 0 saturated carbocycles. The number of hydrogen-bond acceptors (Lipinski definition) is 6. The maximum Gasteiger partial charge on any atom is 0.240 e. The van der Waals surface area contributed by atoms with E-state index in [2.05, 4.69) is 22.3 Å². The van der Waals surface area contributed by atoms with Crippen LogP contribution in [-0.4, -0.2) is 28.8 Å². The molecule has 1 aromatic heterocycles. The summed E-state index contributed by atoms with van der Waals surface area (Å²) in [7, 11) is 1.65.